The number of halogens is 3. The second kappa shape index (κ2) is 8.53. The fourth-order valence-electron chi connectivity index (χ4n) is 3.38. The Hall–Kier alpha value is -2.71. The number of fused-ring (bicyclic) bond motifs is 1. The number of aromatic nitrogens is 2. The molecule has 1 aliphatic rings. The van der Waals surface area contributed by atoms with Gasteiger partial charge < -0.3 is 15.4 Å². The molecule has 0 atom stereocenters. The van der Waals surface area contributed by atoms with Crippen molar-refractivity contribution in [3.8, 4) is 5.75 Å². The van der Waals surface area contributed by atoms with Crippen LogP contribution in [0.3, 0.4) is 0 Å². The van der Waals surface area contributed by atoms with Crippen molar-refractivity contribution in [2.24, 2.45) is 0 Å². The molecule has 0 saturated heterocycles. The smallest absolute Gasteiger partial charge is 0.435 e. The number of carbonyl (C=O) groups is 1. The predicted octanol–water partition coefficient (Wildman–Crippen LogP) is 4.00. The molecule has 2 N–H and O–H groups in total. The average Bonchev–Trinajstić information content (AvgIpc) is 3.03. The minimum Gasteiger partial charge on any atom is -0.492 e. The number of hydrogen-bond donors (Lipinski definition) is 2. The molecule has 0 aliphatic heterocycles. The SMILES string of the molecule is CCOc1ccccc1NC(=O)NCCn1nc(C(F)(F)F)c2c1CCCC2. The van der Waals surface area contributed by atoms with Crippen LogP contribution in [0.1, 0.15) is 36.7 Å². The highest BCUT2D eigenvalue weighted by Crippen LogP contribution is 2.35. The number of anilines is 1. The number of ether oxygens (including phenoxy) is 1. The summed E-state index contributed by atoms with van der Waals surface area (Å²) in [5, 5.41) is 9.13. The Kier molecular flexibility index (Phi) is 6.11. The summed E-state index contributed by atoms with van der Waals surface area (Å²) in [7, 11) is 0. The molecule has 152 valence electrons. The van der Waals surface area contributed by atoms with E-state index in [0.29, 0.717) is 42.1 Å². The molecule has 0 spiro atoms. The summed E-state index contributed by atoms with van der Waals surface area (Å²) in [6.07, 6.45) is -1.90. The third-order valence-corrected chi connectivity index (χ3v) is 4.57. The molecule has 1 heterocycles. The van der Waals surface area contributed by atoms with Gasteiger partial charge in [0.05, 0.1) is 18.8 Å². The van der Waals surface area contributed by atoms with Gasteiger partial charge in [0.25, 0.3) is 0 Å². The van der Waals surface area contributed by atoms with E-state index in [0.717, 1.165) is 12.8 Å². The van der Waals surface area contributed by atoms with Crippen LogP contribution in [0.2, 0.25) is 0 Å². The normalized spacial score (nSPS) is 13.7. The first-order chi connectivity index (χ1) is 13.4. The number of hydrogen-bond acceptors (Lipinski definition) is 3. The van der Waals surface area contributed by atoms with Crippen LogP contribution in [-0.4, -0.2) is 29.0 Å². The lowest BCUT2D eigenvalue weighted by Gasteiger charge is -2.15. The van der Waals surface area contributed by atoms with Gasteiger partial charge in [-0.3, -0.25) is 4.68 Å². The van der Waals surface area contributed by atoms with E-state index in [1.807, 2.05) is 6.92 Å². The zero-order valence-electron chi connectivity index (χ0n) is 15.6. The Morgan fingerprint density at radius 1 is 1.25 bits per heavy atom. The van der Waals surface area contributed by atoms with Gasteiger partial charge in [-0.25, -0.2) is 4.79 Å². The maximum Gasteiger partial charge on any atom is 0.435 e. The molecule has 0 bridgehead atoms. The Bertz CT molecular complexity index is 833. The summed E-state index contributed by atoms with van der Waals surface area (Å²) in [5.41, 5.74) is 0.659. The second-order valence-electron chi connectivity index (χ2n) is 6.51. The molecular weight excluding hydrogens is 373 g/mol. The first-order valence-electron chi connectivity index (χ1n) is 9.32. The summed E-state index contributed by atoms with van der Waals surface area (Å²) >= 11 is 0. The average molecular weight is 396 g/mol. The molecule has 1 aromatic carbocycles. The fourth-order valence-corrected chi connectivity index (χ4v) is 3.38. The van der Waals surface area contributed by atoms with Gasteiger partial charge in [0.2, 0.25) is 0 Å². The number of rotatable bonds is 6. The van der Waals surface area contributed by atoms with E-state index >= 15 is 0 Å². The standard InChI is InChI=1S/C19H23F3N4O2/c1-2-28-16-10-6-4-8-14(16)24-18(27)23-11-12-26-15-9-5-3-7-13(15)17(25-26)19(20,21)22/h4,6,8,10H,2-3,5,7,9,11-12H2,1H3,(H2,23,24,27). The van der Waals surface area contributed by atoms with Gasteiger partial charge in [-0.15, -0.1) is 0 Å². The number of para-hydroxylation sites is 2. The van der Waals surface area contributed by atoms with Gasteiger partial charge in [0, 0.05) is 17.8 Å². The van der Waals surface area contributed by atoms with Gasteiger partial charge in [0.1, 0.15) is 5.75 Å². The summed E-state index contributed by atoms with van der Waals surface area (Å²) in [4.78, 5) is 12.1. The minimum atomic E-state index is -4.46. The zero-order chi connectivity index (χ0) is 20.1. The maximum atomic E-state index is 13.2. The number of nitrogens with zero attached hydrogens (tertiary/aromatic N) is 2. The summed E-state index contributed by atoms with van der Waals surface area (Å²) in [6, 6.07) is 6.57. The molecule has 0 unspecified atom stereocenters. The van der Waals surface area contributed by atoms with E-state index in [4.69, 9.17) is 4.74 Å². The third-order valence-electron chi connectivity index (χ3n) is 4.57. The minimum absolute atomic E-state index is 0.161. The van der Waals surface area contributed by atoms with E-state index in [-0.39, 0.29) is 13.1 Å². The molecule has 0 radical (unpaired) electrons. The van der Waals surface area contributed by atoms with Gasteiger partial charge in [-0.1, -0.05) is 12.1 Å². The van der Waals surface area contributed by atoms with Gasteiger partial charge in [0.15, 0.2) is 5.69 Å². The number of carbonyl (C=O) groups excluding carboxylic acids is 1. The summed E-state index contributed by atoms with van der Waals surface area (Å²) in [5.74, 6) is 0.552. The fraction of sp³-hybridized carbons (Fsp3) is 0.474. The molecule has 3 rings (SSSR count). The predicted molar refractivity (Wildman–Crippen MR) is 98.5 cm³/mol. The van der Waals surface area contributed by atoms with Crippen LogP contribution in [0.15, 0.2) is 24.3 Å². The third kappa shape index (κ3) is 4.58. The van der Waals surface area contributed by atoms with Crippen molar-refractivity contribution < 1.29 is 22.7 Å². The Morgan fingerprint density at radius 3 is 2.75 bits per heavy atom. The highest BCUT2D eigenvalue weighted by Gasteiger charge is 2.39. The number of benzene rings is 1. The second-order valence-corrected chi connectivity index (χ2v) is 6.51. The van der Waals surface area contributed by atoms with Crippen LogP contribution in [0, 0.1) is 0 Å². The number of urea groups is 1. The maximum absolute atomic E-state index is 13.2. The van der Waals surface area contributed by atoms with Gasteiger partial charge in [-0.2, -0.15) is 18.3 Å². The van der Waals surface area contributed by atoms with Crippen molar-refractivity contribution in [1.29, 1.82) is 0 Å². The molecule has 0 fully saturated rings. The van der Waals surface area contributed by atoms with Crippen molar-refractivity contribution in [2.45, 2.75) is 45.3 Å². The summed E-state index contributed by atoms with van der Waals surface area (Å²) < 4.78 is 46.5. The molecule has 6 nitrogen and oxygen atoms in total. The molecule has 1 aliphatic carbocycles. The molecule has 0 saturated carbocycles. The van der Waals surface area contributed by atoms with E-state index in [1.54, 1.807) is 24.3 Å². The van der Waals surface area contributed by atoms with Crippen molar-refractivity contribution >= 4 is 11.7 Å². The summed E-state index contributed by atoms with van der Waals surface area (Å²) in [6.45, 7) is 2.65. The lowest BCUT2D eigenvalue weighted by atomic mass is 9.95. The first kappa shape index (κ1) is 20.0. The van der Waals surface area contributed by atoms with Gasteiger partial charge >= 0.3 is 12.2 Å². The van der Waals surface area contributed by atoms with E-state index < -0.39 is 17.9 Å². The van der Waals surface area contributed by atoms with Crippen molar-refractivity contribution in [1.82, 2.24) is 15.1 Å². The van der Waals surface area contributed by atoms with Crippen molar-refractivity contribution in [2.75, 3.05) is 18.5 Å². The molecular formula is C19H23F3N4O2. The monoisotopic (exact) mass is 396 g/mol. The molecule has 2 amide bonds. The van der Waals surface area contributed by atoms with Gasteiger partial charge in [-0.05, 0) is 44.7 Å². The Balaban J connectivity index is 1.61. The van der Waals surface area contributed by atoms with Crippen LogP contribution in [-0.2, 0) is 25.6 Å². The quantitative estimate of drug-likeness (QED) is 0.776. The largest absolute Gasteiger partial charge is 0.492 e. The van der Waals surface area contributed by atoms with Crippen molar-refractivity contribution in [3.05, 3.63) is 41.2 Å². The zero-order valence-corrected chi connectivity index (χ0v) is 15.6. The lowest BCUT2D eigenvalue weighted by molar-refractivity contribution is -0.142. The van der Waals surface area contributed by atoms with Crippen LogP contribution < -0.4 is 15.4 Å². The molecule has 9 heteroatoms. The highest BCUT2D eigenvalue weighted by atomic mass is 19.4. The topological polar surface area (TPSA) is 68.2 Å². The van der Waals surface area contributed by atoms with E-state index in [9.17, 15) is 18.0 Å². The molecule has 2 aromatic rings. The number of alkyl halides is 3. The van der Waals surface area contributed by atoms with Crippen LogP contribution >= 0.6 is 0 Å². The van der Waals surface area contributed by atoms with Crippen LogP contribution in [0.25, 0.3) is 0 Å². The highest BCUT2D eigenvalue weighted by molar-refractivity contribution is 5.90. The van der Waals surface area contributed by atoms with E-state index in [1.165, 1.54) is 4.68 Å². The molecule has 1 aromatic heterocycles. The van der Waals surface area contributed by atoms with Crippen LogP contribution in [0.4, 0.5) is 23.7 Å². The first-order valence-corrected chi connectivity index (χ1v) is 9.32. The van der Waals surface area contributed by atoms with Crippen LogP contribution in [0.5, 0.6) is 5.75 Å². The van der Waals surface area contributed by atoms with Crippen molar-refractivity contribution in [3.63, 3.8) is 0 Å². The Morgan fingerprint density at radius 2 is 2.00 bits per heavy atom. The number of nitrogens with one attached hydrogen (secondary N) is 2. The number of amides is 2. The molecule has 28 heavy (non-hydrogen) atoms. The van der Waals surface area contributed by atoms with E-state index in [2.05, 4.69) is 15.7 Å². The Labute approximate surface area is 161 Å². The lowest BCUT2D eigenvalue weighted by Crippen LogP contribution is -2.32.